The van der Waals surface area contributed by atoms with E-state index in [1.54, 1.807) is 30.0 Å². The highest BCUT2D eigenvalue weighted by Crippen LogP contribution is 1.90. The lowest BCUT2D eigenvalue weighted by Gasteiger charge is -1.91. The molecule has 1 heterocycles. The van der Waals surface area contributed by atoms with E-state index in [9.17, 15) is 10.1 Å². The predicted octanol–water partition coefficient (Wildman–Crippen LogP) is -0.488. The van der Waals surface area contributed by atoms with Gasteiger partial charge in [0.25, 0.3) is 5.96 Å². The van der Waals surface area contributed by atoms with Crippen molar-refractivity contribution >= 4 is 12.2 Å². The summed E-state index contributed by atoms with van der Waals surface area (Å²) < 4.78 is 0. The first-order chi connectivity index (χ1) is 7.18. The van der Waals surface area contributed by atoms with Crippen molar-refractivity contribution in [3.63, 3.8) is 0 Å². The van der Waals surface area contributed by atoms with E-state index in [1.807, 2.05) is 0 Å². The standard InChI is InChI=1S/C7H8N6O2/c8-7(12-13(14)15)11-10-5-6-2-1-3-9-4-6/h1-5H,(H3,8,11,12). The second-order valence-corrected chi connectivity index (χ2v) is 2.39. The van der Waals surface area contributed by atoms with Gasteiger partial charge in [0.05, 0.1) is 6.21 Å². The van der Waals surface area contributed by atoms with Gasteiger partial charge in [0.2, 0.25) is 0 Å². The molecule has 1 aromatic rings. The number of aromatic nitrogens is 1. The molecule has 0 radical (unpaired) electrons. The van der Waals surface area contributed by atoms with Gasteiger partial charge in [-0.25, -0.2) is 10.1 Å². The first-order valence-electron chi connectivity index (χ1n) is 3.86. The van der Waals surface area contributed by atoms with E-state index in [0.717, 1.165) is 5.56 Å². The molecule has 0 fully saturated rings. The van der Waals surface area contributed by atoms with E-state index in [4.69, 9.17) is 5.73 Å². The Labute approximate surface area is 84.7 Å². The first-order valence-corrected chi connectivity index (χ1v) is 3.86. The molecular formula is C7H8N6O2. The van der Waals surface area contributed by atoms with Crippen molar-refractivity contribution in [2.24, 2.45) is 15.9 Å². The van der Waals surface area contributed by atoms with Gasteiger partial charge in [0, 0.05) is 18.0 Å². The Bertz CT molecular complexity index is 388. The zero-order valence-corrected chi connectivity index (χ0v) is 7.57. The number of nitrogens with zero attached hydrogens (tertiary/aromatic N) is 4. The summed E-state index contributed by atoms with van der Waals surface area (Å²) in [5.74, 6) is -0.389. The van der Waals surface area contributed by atoms with E-state index >= 15 is 0 Å². The number of nitro groups is 1. The number of hydrazine groups is 1. The third-order valence-corrected chi connectivity index (χ3v) is 1.26. The van der Waals surface area contributed by atoms with Crippen LogP contribution in [-0.4, -0.2) is 22.2 Å². The Morgan fingerprint density at radius 1 is 1.73 bits per heavy atom. The third-order valence-electron chi connectivity index (χ3n) is 1.26. The van der Waals surface area contributed by atoms with Crippen LogP contribution in [0, 0.1) is 10.1 Å². The van der Waals surface area contributed by atoms with Crippen molar-refractivity contribution < 1.29 is 5.03 Å². The number of nitrogens with one attached hydrogen (secondary N) is 1. The lowest BCUT2D eigenvalue weighted by atomic mass is 10.3. The second kappa shape index (κ2) is 5.27. The zero-order chi connectivity index (χ0) is 11.1. The molecule has 0 spiro atoms. The highest BCUT2D eigenvalue weighted by molar-refractivity contribution is 5.81. The van der Waals surface area contributed by atoms with Crippen LogP contribution in [0.3, 0.4) is 0 Å². The molecule has 0 aliphatic rings. The van der Waals surface area contributed by atoms with Crippen LogP contribution in [0.2, 0.25) is 0 Å². The second-order valence-electron chi connectivity index (χ2n) is 2.39. The monoisotopic (exact) mass is 208 g/mol. The van der Waals surface area contributed by atoms with Gasteiger partial charge in [-0.1, -0.05) is 11.5 Å². The summed E-state index contributed by atoms with van der Waals surface area (Å²) in [6.07, 6.45) is 4.56. The van der Waals surface area contributed by atoms with Crippen LogP contribution in [0.1, 0.15) is 5.56 Å². The maximum atomic E-state index is 9.91. The summed E-state index contributed by atoms with van der Waals surface area (Å²) in [4.78, 5) is 13.8. The zero-order valence-electron chi connectivity index (χ0n) is 7.57. The van der Waals surface area contributed by atoms with Crippen molar-refractivity contribution in [3.8, 4) is 0 Å². The fourth-order valence-electron chi connectivity index (χ4n) is 0.726. The predicted molar refractivity (Wildman–Crippen MR) is 53.6 cm³/mol. The normalized spacial score (nSPS) is 11.6. The van der Waals surface area contributed by atoms with Crippen LogP contribution in [0.5, 0.6) is 0 Å². The number of guanidine groups is 1. The van der Waals surface area contributed by atoms with Gasteiger partial charge < -0.3 is 5.73 Å². The Hall–Kier alpha value is -2.51. The van der Waals surface area contributed by atoms with Crippen molar-refractivity contribution in [2.75, 3.05) is 0 Å². The van der Waals surface area contributed by atoms with Gasteiger partial charge >= 0.3 is 0 Å². The molecule has 0 amide bonds. The molecule has 3 N–H and O–H groups in total. The van der Waals surface area contributed by atoms with E-state index in [0.29, 0.717) is 0 Å². The van der Waals surface area contributed by atoms with Crippen LogP contribution in [0.4, 0.5) is 0 Å². The van der Waals surface area contributed by atoms with E-state index in [1.165, 1.54) is 6.21 Å². The van der Waals surface area contributed by atoms with Crippen LogP contribution >= 0.6 is 0 Å². The maximum Gasteiger partial charge on any atom is 0.275 e. The van der Waals surface area contributed by atoms with Crippen LogP contribution in [0.25, 0.3) is 0 Å². The third kappa shape index (κ3) is 4.31. The van der Waals surface area contributed by atoms with Crippen LogP contribution < -0.4 is 11.2 Å². The fourth-order valence-corrected chi connectivity index (χ4v) is 0.726. The maximum absolute atomic E-state index is 9.91. The first kappa shape index (κ1) is 10.6. The van der Waals surface area contributed by atoms with E-state index < -0.39 is 5.03 Å². The molecule has 0 bridgehead atoms. The Balaban J connectivity index is 2.56. The summed E-state index contributed by atoms with van der Waals surface area (Å²) in [5, 5.41) is 16.0. The topological polar surface area (TPSA) is 119 Å². The smallest absolute Gasteiger partial charge is 0.275 e. The highest BCUT2D eigenvalue weighted by Gasteiger charge is 1.96. The molecule has 15 heavy (non-hydrogen) atoms. The molecule has 8 heteroatoms. The van der Waals surface area contributed by atoms with Gasteiger partial charge in [-0.3, -0.25) is 4.98 Å². The minimum absolute atomic E-state index is 0.389. The van der Waals surface area contributed by atoms with Crippen molar-refractivity contribution in [1.82, 2.24) is 10.4 Å². The molecule has 0 aliphatic heterocycles. The number of hydrogen-bond acceptors (Lipinski definition) is 5. The molecule has 1 rings (SSSR count). The average molecular weight is 208 g/mol. The average Bonchev–Trinajstić information content (AvgIpc) is 2.18. The van der Waals surface area contributed by atoms with Crippen molar-refractivity contribution in [3.05, 3.63) is 40.2 Å². The number of rotatable bonds is 3. The molecule has 0 saturated heterocycles. The summed E-state index contributed by atoms with van der Waals surface area (Å²) in [6, 6.07) is 3.48. The Kier molecular flexibility index (Phi) is 3.71. The van der Waals surface area contributed by atoms with Gasteiger partial charge in [0.1, 0.15) is 0 Å². The van der Waals surface area contributed by atoms with Gasteiger partial charge in [0.15, 0.2) is 5.03 Å². The van der Waals surface area contributed by atoms with Crippen LogP contribution in [-0.2, 0) is 0 Å². The molecule has 78 valence electrons. The number of nitrogens with two attached hydrogens (primary N) is 1. The highest BCUT2D eigenvalue weighted by atomic mass is 16.7. The van der Waals surface area contributed by atoms with Gasteiger partial charge in [-0.2, -0.15) is 5.10 Å². The van der Waals surface area contributed by atoms with E-state index in [-0.39, 0.29) is 5.96 Å². The van der Waals surface area contributed by atoms with Crippen LogP contribution in [0.15, 0.2) is 34.7 Å². The Morgan fingerprint density at radius 3 is 3.13 bits per heavy atom. The minimum atomic E-state index is -0.821. The molecule has 0 atom stereocenters. The molecule has 0 unspecified atom stereocenters. The number of hydrogen-bond donors (Lipinski definition) is 2. The summed E-state index contributed by atoms with van der Waals surface area (Å²) >= 11 is 0. The lowest BCUT2D eigenvalue weighted by Crippen LogP contribution is -2.35. The molecule has 0 aliphatic carbocycles. The summed E-state index contributed by atoms with van der Waals surface area (Å²) in [6.45, 7) is 0. The summed E-state index contributed by atoms with van der Waals surface area (Å²) in [5.41, 5.74) is 7.47. The molecule has 8 nitrogen and oxygen atoms in total. The molecule has 0 aromatic carbocycles. The molecule has 1 aromatic heterocycles. The molecule has 0 saturated carbocycles. The van der Waals surface area contributed by atoms with Crippen molar-refractivity contribution in [2.45, 2.75) is 0 Å². The Morgan fingerprint density at radius 2 is 2.53 bits per heavy atom. The SMILES string of the molecule is N/C(=N\N=Cc1cccnc1)N[N+](=O)[O-]. The van der Waals surface area contributed by atoms with E-state index in [2.05, 4.69) is 15.2 Å². The largest absolute Gasteiger partial charge is 0.364 e. The fraction of sp³-hybridized carbons (Fsp3) is 0. The number of pyridine rings is 1. The quantitative estimate of drug-likeness (QED) is 0.300. The minimum Gasteiger partial charge on any atom is -0.364 e. The molecular weight excluding hydrogens is 200 g/mol. The summed E-state index contributed by atoms with van der Waals surface area (Å²) in [7, 11) is 0. The van der Waals surface area contributed by atoms with Gasteiger partial charge in [-0.05, 0) is 6.07 Å². The van der Waals surface area contributed by atoms with Gasteiger partial charge in [-0.15, -0.1) is 5.10 Å². The lowest BCUT2D eigenvalue weighted by molar-refractivity contribution is -0.525. The van der Waals surface area contributed by atoms with Crippen molar-refractivity contribution in [1.29, 1.82) is 0 Å².